The molecule has 0 aliphatic rings. The van der Waals surface area contributed by atoms with Gasteiger partial charge in [0.15, 0.2) is 0 Å². The summed E-state index contributed by atoms with van der Waals surface area (Å²) >= 11 is 0. The van der Waals surface area contributed by atoms with Crippen molar-refractivity contribution in [3.8, 4) is 0 Å². The molecule has 0 aromatic carbocycles. The number of hydrogen-bond acceptors (Lipinski definition) is 2. The second kappa shape index (κ2) is 8.75. The molecule has 0 saturated heterocycles. The fraction of sp³-hybridized carbons (Fsp3) is 0.800. The van der Waals surface area contributed by atoms with Crippen LogP contribution >= 0.6 is 0 Å². The van der Waals surface area contributed by atoms with Gasteiger partial charge in [-0.25, -0.2) is 0 Å². The van der Waals surface area contributed by atoms with Crippen LogP contribution in [0.4, 0.5) is 0 Å². The van der Waals surface area contributed by atoms with Gasteiger partial charge in [0.25, 0.3) is 0 Å². The average Bonchev–Trinajstić information content (AvgIpc) is 2.06. The largest absolute Gasteiger partial charge is 0.377 e. The van der Waals surface area contributed by atoms with E-state index in [0.717, 1.165) is 31.6 Å². The maximum Gasteiger partial charge on any atom is 0.0696 e. The van der Waals surface area contributed by atoms with Crippen LogP contribution in [-0.2, 0) is 9.47 Å². The molecule has 0 aliphatic carbocycles. The van der Waals surface area contributed by atoms with E-state index in [2.05, 4.69) is 20.4 Å². The predicted molar refractivity (Wildman–Crippen MR) is 51.4 cm³/mol. The zero-order valence-corrected chi connectivity index (χ0v) is 8.27. The van der Waals surface area contributed by atoms with Gasteiger partial charge < -0.3 is 9.47 Å². The number of hydrogen-bond donors (Lipinski definition) is 0. The Morgan fingerprint density at radius 1 is 1.00 bits per heavy atom. The zero-order chi connectivity index (χ0) is 9.23. The number of ether oxygens (including phenoxy) is 2. The summed E-state index contributed by atoms with van der Waals surface area (Å²) in [6, 6.07) is 0. The highest BCUT2D eigenvalue weighted by Gasteiger charge is 1.93. The fourth-order valence-corrected chi connectivity index (χ4v) is 0.763. The highest BCUT2D eigenvalue weighted by molar-refractivity contribution is 4.94. The van der Waals surface area contributed by atoms with Gasteiger partial charge in [0.2, 0.25) is 0 Å². The smallest absolute Gasteiger partial charge is 0.0696 e. The summed E-state index contributed by atoms with van der Waals surface area (Å²) in [4.78, 5) is 0. The molecule has 0 fully saturated rings. The zero-order valence-electron chi connectivity index (χ0n) is 8.27. The Morgan fingerprint density at radius 3 is 1.75 bits per heavy atom. The third-order valence-electron chi connectivity index (χ3n) is 1.31. The summed E-state index contributed by atoms with van der Waals surface area (Å²) in [7, 11) is 0. The molecule has 0 aromatic heterocycles. The van der Waals surface area contributed by atoms with Crippen LogP contribution in [0.25, 0.3) is 0 Å². The fourth-order valence-electron chi connectivity index (χ4n) is 0.763. The Kier molecular flexibility index (Phi) is 8.51. The molecule has 0 radical (unpaired) electrons. The summed E-state index contributed by atoms with van der Waals surface area (Å²) in [6.45, 7) is 10.9. The van der Waals surface area contributed by atoms with E-state index < -0.39 is 0 Å². The highest BCUT2D eigenvalue weighted by atomic mass is 16.5. The molecular formula is C10H20O2. The molecule has 0 aromatic rings. The Morgan fingerprint density at radius 2 is 1.42 bits per heavy atom. The molecule has 0 N–H and O–H groups in total. The lowest BCUT2D eigenvalue weighted by Crippen LogP contribution is -2.05. The molecule has 0 rings (SSSR count). The average molecular weight is 172 g/mol. The van der Waals surface area contributed by atoms with Crippen molar-refractivity contribution in [2.45, 2.75) is 26.7 Å². The molecule has 0 heterocycles. The van der Waals surface area contributed by atoms with Gasteiger partial charge >= 0.3 is 0 Å². The lowest BCUT2D eigenvalue weighted by molar-refractivity contribution is 0.120. The van der Waals surface area contributed by atoms with Gasteiger partial charge in [-0.2, -0.15) is 0 Å². The van der Waals surface area contributed by atoms with E-state index in [4.69, 9.17) is 9.47 Å². The highest BCUT2D eigenvalue weighted by Crippen LogP contribution is 1.94. The topological polar surface area (TPSA) is 18.5 Å². The van der Waals surface area contributed by atoms with Gasteiger partial charge in [0.05, 0.1) is 13.2 Å². The Balaban J connectivity index is 3.10. The minimum absolute atomic E-state index is 0.636. The molecule has 0 saturated carbocycles. The summed E-state index contributed by atoms with van der Waals surface area (Å²) in [5.74, 6) is 0. The molecule has 0 atom stereocenters. The van der Waals surface area contributed by atoms with Crippen LogP contribution in [0, 0.1) is 0 Å². The van der Waals surface area contributed by atoms with Gasteiger partial charge in [0, 0.05) is 13.2 Å². The van der Waals surface area contributed by atoms with Crippen LogP contribution in [0.5, 0.6) is 0 Å². The van der Waals surface area contributed by atoms with E-state index in [9.17, 15) is 0 Å². The summed E-state index contributed by atoms with van der Waals surface area (Å²) < 4.78 is 10.6. The molecule has 0 unspecified atom stereocenters. The molecule has 0 bridgehead atoms. The van der Waals surface area contributed by atoms with E-state index >= 15 is 0 Å². The van der Waals surface area contributed by atoms with Gasteiger partial charge in [0.1, 0.15) is 0 Å². The summed E-state index contributed by atoms with van der Waals surface area (Å²) in [5.41, 5.74) is 1.02. The molecule has 12 heavy (non-hydrogen) atoms. The molecule has 2 nitrogen and oxygen atoms in total. The predicted octanol–water partition coefficient (Wildman–Crippen LogP) is 2.40. The van der Waals surface area contributed by atoms with E-state index in [1.807, 2.05) is 0 Å². The van der Waals surface area contributed by atoms with Gasteiger partial charge in [-0.15, -0.1) is 0 Å². The maximum absolute atomic E-state index is 5.30. The summed E-state index contributed by atoms with van der Waals surface area (Å²) in [6.07, 6.45) is 2.12. The first-order chi connectivity index (χ1) is 5.81. The van der Waals surface area contributed by atoms with Crippen LogP contribution in [0.1, 0.15) is 26.7 Å². The summed E-state index contributed by atoms with van der Waals surface area (Å²) in [5, 5.41) is 0. The standard InChI is InChI=1S/C10H20O2/c1-4-6-11-8-10(3)9-12-7-5-2/h3-9H2,1-2H3. The van der Waals surface area contributed by atoms with Crippen LogP contribution in [0.15, 0.2) is 12.2 Å². The Hall–Kier alpha value is -0.340. The lowest BCUT2D eigenvalue weighted by atomic mass is 10.3. The van der Waals surface area contributed by atoms with Gasteiger partial charge in [-0.05, 0) is 18.4 Å². The van der Waals surface area contributed by atoms with Gasteiger partial charge in [-0.1, -0.05) is 20.4 Å². The lowest BCUT2D eigenvalue weighted by Gasteiger charge is -2.06. The molecule has 72 valence electrons. The van der Waals surface area contributed by atoms with Crippen molar-refractivity contribution in [3.05, 3.63) is 12.2 Å². The van der Waals surface area contributed by atoms with Crippen molar-refractivity contribution in [1.82, 2.24) is 0 Å². The number of rotatable bonds is 8. The SMILES string of the molecule is C=C(COCCC)COCCC. The Bertz CT molecular complexity index is 98.4. The first kappa shape index (κ1) is 11.7. The minimum Gasteiger partial charge on any atom is -0.377 e. The molecule has 0 spiro atoms. The van der Waals surface area contributed by atoms with Crippen LogP contribution < -0.4 is 0 Å². The minimum atomic E-state index is 0.636. The van der Waals surface area contributed by atoms with E-state index in [0.29, 0.717) is 13.2 Å². The second-order valence-corrected chi connectivity index (χ2v) is 2.86. The van der Waals surface area contributed by atoms with Crippen LogP contribution in [0.2, 0.25) is 0 Å². The molecule has 2 heteroatoms. The first-order valence-corrected chi connectivity index (χ1v) is 4.63. The van der Waals surface area contributed by atoms with Crippen molar-refractivity contribution in [3.63, 3.8) is 0 Å². The van der Waals surface area contributed by atoms with Crippen molar-refractivity contribution in [2.75, 3.05) is 26.4 Å². The van der Waals surface area contributed by atoms with Crippen molar-refractivity contribution in [1.29, 1.82) is 0 Å². The maximum atomic E-state index is 5.30. The molecule has 0 amide bonds. The van der Waals surface area contributed by atoms with Crippen molar-refractivity contribution >= 4 is 0 Å². The second-order valence-electron chi connectivity index (χ2n) is 2.86. The third-order valence-corrected chi connectivity index (χ3v) is 1.31. The first-order valence-electron chi connectivity index (χ1n) is 4.63. The quantitative estimate of drug-likeness (QED) is 0.413. The normalized spacial score (nSPS) is 10.2. The molecular weight excluding hydrogens is 152 g/mol. The van der Waals surface area contributed by atoms with Gasteiger partial charge in [-0.3, -0.25) is 0 Å². The molecule has 0 aliphatic heterocycles. The monoisotopic (exact) mass is 172 g/mol. The Labute approximate surface area is 75.6 Å². The van der Waals surface area contributed by atoms with Crippen molar-refractivity contribution in [2.24, 2.45) is 0 Å². The van der Waals surface area contributed by atoms with E-state index in [1.54, 1.807) is 0 Å². The van der Waals surface area contributed by atoms with Crippen LogP contribution in [-0.4, -0.2) is 26.4 Å². The third kappa shape index (κ3) is 7.76. The van der Waals surface area contributed by atoms with Crippen molar-refractivity contribution < 1.29 is 9.47 Å². The van der Waals surface area contributed by atoms with Crippen LogP contribution in [0.3, 0.4) is 0 Å². The van der Waals surface area contributed by atoms with E-state index in [1.165, 1.54) is 0 Å². The van der Waals surface area contributed by atoms with E-state index in [-0.39, 0.29) is 0 Å².